The summed E-state index contributed by atoms with van der Waals surface area (Å²) in [4.78, 5) is 1.28. The van der Waals surface area contributed by atoms with Gasteiger partial charge in [0.05, 0.1) is 19.8 Å². The number of ether oxygens (including phenoxy) is 1. The van der Waals surface area contributed by atoms with Crippen molar-refractivity contribution in [3.63, 3.8) is 0 Å². The van der Waals surface area contributed by atoms with E-state index < -0.39 is 12.7 Å². The summed E-state index contributed by atoms with van der Waals surface area (Å²) in [5.41, 5.74) is -0.297. The van der Waals surface area contributed by atoms with Crippen molar-refractivity contribution in [1.82, 2.24) is 10.2 Å². The molecule has 120 valence electrons. The van der Waals surface area contributed by atoms with Crippen LogP contribution in [0.3, 0.4) is 0 Å². The van der Waals surface area contributed by atoms with Crippen LogP contribution in [0.25, 0.3) is 0 Å². The average Bonchev–Trinajstić information content (AvgIpc) is 2.36. The molecular formula is C13H25F3N2O2. The molecule has 0 spiro atoms. The van der Waals surface area contributed by atoms with Crippen LogP contribution in [0.1, 0.15) is 19.8 Å². The van der Waals surface area contributed by atoms with Crippen molar-refractivity contribution < 1.29 is 23.0 Å². The van der Waals surface area contributed by atoms with Gasteiger partial charge in [-0.25, -0.2) is 0 Å². The Labute approximate surface area is 118 Å². The van der Waals surface area contributed by atoms with Crippen molar-refractivity contribution in [2.45, 2.75) is 25.9 Å². The van der Waals surface area contributed by atoms with E-state index in [9.17, 15) is 13.2 Å². The first-order valence-electron chi connectivity index (χ1n) is 7.09. The summed E-state index contributed by atoms with van der Waals surface area (Å²) in [7, 11) is 0. The molecule has 0 aromatic carbocycles. The van der Waals surface area contributed by atoms with Gasteiger partial charge in [0.2, 0.25) is 0 Å². The van der Waals surface area contributed by atoms with Crippen molar-refractivity contribution >= 4 is 0 Å². The first-order chi connectivity index (χ1) is 9.41. The summed E-state index contributed by atoms with van der Waals surface area (Å²) >= 11 is 0. The predicted molar refractivity (Wildman–Crippen MR) is 70.6 cm³/mol. The van der Waals surface area contributed by atoms with Crippen LogP contribution in [0.5, 0.6) is 0 Å². The van der Waals surface area contributed by atoms with E-state index in [2.05, 4.69) is 5.32 Å². The Morgan fingerprint density at radius 1 is 1.40 bits per heavy atom. The van der Waals surface area contributed by atoms with Gasteiger partial charge in [-0.15, -0.1) is 0 Å². The molecule has 0 amide bonds. The van der Waals surface area contributed by atoms with Gasteiger partial charge in [-0.1, -0.05) is 6.92 Å². The molecule has 20 heavy (non-hydrogen) atoms. The zero-order chi connectivity index (χ0) is 15.1. The molecule has 0 saturated carbocycles. The summed E-state index contributed by atoms with van der Waals surface area (Å²) in [5.74, 6) is 0. The van der Waals surface area contributed by atoms with Crippen molar-refractivity contribution in [2.24, 2.45) is 5.41 Å². The van der Waals surface area contributed by atoms with Gasteiger partial charge in [0.25, 0.3) is 0 Å². The summed E-state index contributed by atoms with van der Waals surface area (Å²) < 4.78 is 43.3. The Bertz CT molecular complexity index is 269. The maximum absolute atomic E-state index is 12.6. The predicted octanol–water partition coefficient (Wildman–Crippen LogP) is 1.25. The number of aliphatic hydroxyl groups is 1. The number of aliphatic hydroxyl groups excluding tert-OH is 1. The van der Waals surface area contributed by atoms with E-state index in [1.165, 1.54) is 4.90 Å². The zero-order valence-corrected chi connectivity index (χ0v) is 12.0. The number of rotatable bonds is 8. The van der Waals surface area contributed by atoms with Crippen LogP contribution in [0.2, 0.25) is 0 Å². The Morgan fingerprint density at radius 2 is 2.15 bits per heavy atom. The van der Waals surface area contributed by atoms with Gasteiger partial charge in [-0.3, -0.25) is 4.90 Å². The van der Waals surface area contributed by atoms with Crippen molar-refractivity contribution in [2.75, 3.05) is 52.5 Å². The number of nitrogens with one attached hydrogen (secondary N) is 1. The summed E-state index contributed by atoms with van der Waals surface area (Å²) in [6, 6.07) is 0. The lowest BCUT2D eigenvalue weighted by Gasteiger charge is -2.41. The van der Waals surface area contributed by atoms with E-state index in [1.807, 2.05) is 6.92 Å². The summed E-state index contributed by atoms with van der Waals surface area (Å²) in [5, 5.41) is 12.2. The molecule has 1 aliphatic rings. The normalized spacial score (nSPS) is 24.3. The Kier molecular flexibility index (Phi) is 7.22. The van der Waals surface area contributed by atoms with Crippen LogP contribution in [-0.2, 0) is 4.74 Å². The van der Waals surface area contributed by atoms with Crippen molar-refractivity contribution in [1.29, 1.82) is 0 Å². The average molecular weight is 298 g/mol. The molecule has 4 nitrogen and oxygen atoms in total. The van der Waals surface area contributed by atoms with E-state index in [0.29, 0.717) is 26.3 Å². The first-order valence-corrected chi connectivity index (χ1v) is 7.09. The number of nitrogens with zero attached hydrogens (tertiary/aromatic N) is 1. The Hall–Kier alpha value is -0.370. The SMILES string of the molecule is CCNCC1(CN(CCO)CC(F)(F)F)CCCOC1. The molecule has 1 saturated heterocycles. The Morgan fingerprint density at radius 3 is 2.65 bits per heavy atom. The number of hydrogen-bond acceptors (Lipinski definition) is 4. The molecule has 0 radical (unpaired) electrons. The van der Waals surface area contributed by atoms with Crippen LogP contribution in [0, 0.1) is 5.41 Å². The monoisotopic (exact) mass is 298 g/mol. The molecule has 1 atom stereocenters. The summed E-state index contributed by atoms with van der Waals surface area (Å²) in [6.07, 6.45) is -2.53. The van der Waals surface area contributed by atoms with Gasteiger partial charge in [-0.05, 0) is 19.4 Å². The topological polar surface area (TPSA) is 44.7 Å². The molecule has 1 aliphatic heterocycles. The van der Waals surface area contributed by atoms with Gasteiger partial charge in [0.15, 0.2) is 0 Å². The van der Waals surface area contributed by atoms with Crippen LogP contribution in [0.4, 0.5) is 13.2 Å². The van der Waals surface area contributed by atoms with Crippen LogP contribution >= 0.6 is 0 Å². The van der Waals surface area contributed by atoms with E-state index in [-0.39, 0.29) is 18.6 Å². The van der Waals surface area contributed by atoms with Crippen LogP contribution < -0.4 is 5.32 Å². The molecule has 1 heterocycles. The minimum atomic E-state index is -4.25. The standard InChI is InChI=1S/C13H25F3N2O2/c1-2-17-8-12(4-3-7-20-11-12)9-18(5-6-19)10-13(14,15)16/h17,19H,2-11H2,1H3. The first kappa shape index (κ1) is 17.7. The lowest BCUT2D eigenvalue weighted by atomic mass is 9.81. The second-order valence-corrected chi connectivity index (χ2v) is 5.49. The van der Waals surface area contributed by atoms with Gasteiger partial charge in [0, 0.05) is 31.7 Å². The van der Waals surface area contributed by atoms with E-state index in [0.717, 1.165) is 19.4 Å². The lowest BCUT2D eigenvalue weighted by Crippen LogP contribution is -2.51. The van der Waals surface area contributed by atoms with Crippen molar-refractivity contribution in [3.05, 3.63) is 0 Å². The minimum absolute atomic E-state index is 0.0351. The molecule has 1 fully saturated rings. The van der Waals surface area contributed by atoms with Gasteiger partial charge in [-0.2, -0.15) is 13.2 Å². The largest absolute Gasteiger partial charge is 0.401 e. The maximum Gasteiger partial charge on any atom is 0.401 e. The molecule has 0 bridgehead atoms. The third-order valence-electron chi connectivity index (χ3n) is 3.53. The highest BCUT2D eigenvalue weighted by Crippen LogP contribution is 2.30. The smallest absolute Gasteiger partial charge is 0.395 e. The fourth-order valence-electron chi connectivity index (χ4n) is 2.70. The van der Waals surface area contributed by atoms with E-state index in [1.54, 1.807) is 0 Å². The van der Waals surface area contributed by atoms with Crippen molar-refractivity contribution in [3.8, 4) is 0 Å². The third kappa shape index (κ3) is 6.39. The molecule has 1 rings (SSSR count). The fraction of sp³-hybridized carbons (Fsp3) is 1.00. The molecule has 2 N–H and O–H groups in total. The number of halogens is 3. The molecule has 0 aromatic rings. The highest BCUT2D eigenvalue weighted by Gasteiger charge is 2.38. The second-order valence-electron chi connectivity index (χ2n) is 5.49. The van der Waals surface area contributed by atoms with E-state index >= 15 is 0 Å². The Balaban J connectivity index is 2.67. The molecule has 0 aliphatic carbocycles. The fourth-order valence-corrected chi connectivity index (χ4v) is 2.70. The van der Waals surface area contributed by atoms with Gasteiger partial charge < -0.3 is 15.2 Å². The molecule has 7 heteroatoms. The van der Waals surface area contributed by atoms with Crippen LogP contribution in [0.15, 0.2) is 0 Å². The molecule has 1 unspecified atom stereocenters. The minimum Gasteiger partial charge on any atom is -0.395 e. The maximum atomic E-state index is 12.6. The quantitative estimate of drug-likeness (QED) is 0.708. The van der Waals surface area contributed by atoms with Gasteiger partial charge >= 0.3 is 6.18 Å². The highest BCUT2D eigenvalue weighted by atomic mass is 19.4. The molecular weight excluding hydrogens is 273 g/mol. The second kappa shape index (κ2) is 8.17. The number of hydrogen-bond donors (Lipinski definition) is 2. The zero-order valence-electron chi connectivity index (χ0n) is 12.0. The van der Waals surface area contributed by atoms with Gasteiger partial charge in [0.1, 0.15) is 0 Å². The third-order valence-corrected chi connectivity index (χ3v) is 3.53. The highest BCUT2D eigenvalue weighted by molar-refractivity contribution is 4.87. The van der Waals surface area contributed by atoms with E-state index in [4.69, 9.17) is 9.84 Å². The van der Waals surface area contributed by atoms with Crippen LogP contribution in [-0.4, -0.2) is 68.7 Å². The summed E-state index contributed by atoms with van der Waals surface area (Å²) in [6.45, 7) is 3.61. The molecule has 0 aromatic heterocycles. The lowest BCUT2D eigenvalue weighted by molar-refractivity contribution is -0.153. The number of alkyl halides is 3.